The second-order valence-corrected chi connectivity index (χ2v) is 7.74. The molecule has 1 amide bonds. The van der Waals surface area contributed by atoms with E-state index in [4.69, 9.17) is 5.11 Å². The number of nitrogens with zero attached hydrogens (tertiary/aromatic N) is 3. The zero-order chi connectivity index (χ0) is 19.3. The highest BCUT2D eigenvalue weighted by Crippen LogP contribution is 2.23. The number of carboxylic acids is 1. The van der Waals surface area contributed by atoms with E-state index in [1.807, 2.05) is 49.6 Å². The van der Waals surface area contributed by atoms with Gasteiger partial charge in [-0.15, -0.1) is 10.2 Å². The molecule has 0 saturated carbocycles. The number of carbonyl (C=O) groups excluding carboxylic acids is 1. The van der Waals surface area contributed by atoms with Crippen molar-refractivity contribution in [3.05, 3.63) is 36.2 Å². The number of aliphatic carboxylic acids is 1. The van der Waals surface area contributed by atoms with Gasteiger partial charge in [-0.25, -0.2) is 0 Å². The van der Waals surface area contributed by atoms with Crippen molar-refractivity contribution in [1.82, 2.24) is 20.1 Å². The molecule has 2 aromatic rings. The lowest BCUT2D eigenvalue weighted by molar-refractivity contribution is -0.139. The Kier molecular flexibility index (Phi) is 6.42. The Morgan fingerprint density at radius 3 is 2.54 bits per heavy atom. The zero-order valence-corrected chi connectivity index (χ0v) is 16.2. The SMILES string of the molecule is Cc1ccc(-n2cnnc2SCC(=O)NC(C)(CC(=O)O)C(C)C)cc1. The topological polar surface area (TPSA) is 97.1 Å². The van der Waals surface area contributed by atoms with E-state index in [-0.39, 0.29) is 24.0 Å². The summed E-state index contributed by atoms with van der Waals surface area (Å²) in [4.78, 5) is 23.4. The Hall–Kier alpha value is -2.35. The Morgan fingerprint density at radius 1 is 1.31 bits per heavy atom. The standard InChI is InChI=1S/C18H24N4O3S/c1-12(2)18(4,9-16(24)25)20-15(23)10-26-17-21-19-11-22(17)14-7-5-13(3)6-8-14/h5-8,11-12H,9-10H2,1-4H3,(H,20,23)(H,24,25). The maximum absolute atomic E-state index is 12.3. The summed E-state index contributed by atoms with van der Waals surface area (Å²) >= 11 is 1.26. The quantitative estimate of drug-likeness (QED) is 0.688. The predicted molar refractivity (Wildman–Crippen MR) is 100 cm³/mol. The maximum Gasteiger partial charge on any atom is 0.305 e. The lowest BCUT2D eigenvalue weighted by Crippen LogP contribution is -2.51. The lowest BCUT2D eigenvalue weighted by atomic mass is 9.85. The number of aromatic nitrogens is 3. The van der Waals surface area contributed by atoms with Gasteiger partial charge in [0.1, 0.15) is 6.33 Å². The van der Waals surface area contributed by atoms with Gasteiger partial charge < -0.3 is 10.4 Å². The highest BCUT2D eigenvalue weighted by molar-refractivity contribution is 7.99. The van der Waals surface area contributed by atoms with Crippen molar-refractivity contribution in [3.8, 4) is 5.69 Å². The summed E-state index contributed by atoms with van der Waals surface area (Å²) in [6.07, 6.45) is 1.48. The van der Waals surface area contributed by atoms with Gasteiger partial charge in [0.25, 0.3) is 0 Å². The first-order chi connectivity index (χ1) is 12.2. The van der Waals surface area contributed by atoms with Gasteiger partial charge in [0.05, 0.1) is 12.2 Å². The second kappa shape index (κ2) is 8.35. The van der Waals surface area contributed by atoms with Crippen molar-refractivity contribution in [3.63, 3.8) is 0 Å². The van der Waals surface area contributed by atoms with Crippen molar-refractivity contribution in [1.29, 1.82) is 0 Å². The summed E-state index contributed by atoms with van der Waals surface area (Å²) in [5.41, 5.74) is 1.27. The molecule has 0 spiro atoms. The number of nitrogens with one attached hydrogen (secondary N) is 1. The van der Waals surface area contributed by atoms with Crippen LogP contribution in [-0.4, -0.2) is 43.0 Å². The first-order valence-electron chi connectivity index (χ1n) is 8.34. The first-order valence-corrected chi connectivity index (χ1v) is 9.32. The molecule has 0 bridgehead atoms. The number of aryl methyl sites for hydroxylation is 1. The molecule has 2 N–H and O–H groups in total. The molecule has 140 valence electrons. The van der Waals surface area contributed by atoms with Crippen molar-refractivity contribution in [2.24, 2.45) is 5.92 Å². The van der Waals surface area contributed by atoms with Crippen LogP contribution in [0.25, 0.3) is 5.69 Å². The van der Waals surface area contributed by atoms with E-state index in [0.29, 0.717) is 5.16 Å². The molecule has 0 aliphatic rings. The number of benzene rings is 1. The largest absolute Gasteiger partial charge is 0.481 e. The Labute approximate surface area is 157 Å². The van der Waals surface area contributed by atoms with Crippen LogP contribution in [0.5, 0.6) is 0 Å². The summed E-state index contributed by atoms with van der Waals surface area (Å²) in [6, 6.07) is 7.92. The third-order valence-corrected chi connectivity index (χ3v) is 5.32. The van der Waals surface area contributed by atoms with E-state index < -0.39 is 11.5 Å². The molecular formula is C18H24N4O3S. The van der Waals surface area contributed by atoms with E-state index in [1.165, 1.54) is 11.8 Å². The number of carboxylic acid groups (broad SMARTS) is 1. The second-order valence-electron chi connectivity index (χ2n) is 6.80. The minimum Gasteiger partial charge on any atom is -0.481 e. The van der Waals surface area contributed by atoms with Crippen LogP contribution < -0.4 is 5.32 Å². The fourth-order valence-corrected chi connectivity index (χ4v) is 3.13. The molecule has 0 saturated heterocycles. The van der Waals surface area contributed by atoms with E-state index in [9.17, 15) is 9.59 Å². The Bertz CT molecular complexity index is 773. The van der Waals surface area contributed by atoms with Crippen molar-refractivity contribution in [2.45, 2.75) is 44.8 Å². The Morgan fingerprint density at radius 2 is 1.96 bits per heavy atom. The molecule has 0 fully saturated rings. The van der Waals surface area contributed by atoms with Crippen LogP contribution in [0.3, 0.4) is 0 Å². The fraction of sp³-hybridized carbons (Fsp3) is 0.444. The van der Waals surface area contributed by atoms with Crippen LogP contribution in [0.2, 0.25) is 0 Å². The monoisotopic (exact) mass is 376 g/mol. The van der Waals surface area contributed by atoms with Crippen LogP contribution in [0.1, 0.15) is 32.8 Å². The molecule has 2 rings (SSSR count). The minimum atomic E-state index is -0.937. The normalized spacial score (nSPS) is 13.4. The van der Waals surface area contributed by atoms with Gasteiger partial charge in [0, 0.05) is 11.2 Å². The number of hydrogen-bond acceptors (Lipinski definition) is 5. The number of hydrogen-bond donors (Lipinski definition) is 2. The number of thioether (sulfide) groups is 1. The summed E-state index contributed by atoms with van der Waals surface area (Å²) in [7, 11) is 0. The van der Waals surface area contributed by atoms with E-state index in [0.717, 1.165) is 11.3 Å². The lowest BCUT2D eigenvalue weighted by Gasteiger charge is -2.33. The molecule has 0 aliphatic heterocycles. The van der Waals surface area contributed by atoms with Gasteiger partial charge in [-0.2, -0.15) is 0 Å². The van der Waals surface area contributed by atoms with E-state index in [2.05, 4.69) is 15.5 Å². The van der Waals surface area contributed by atoms with E-state index in [1.54, 1.807) is 13.3 Å². The highest BCUT2D eigenvalue weighted by Gasteiger charge is 2.32. The molecule has 7 nitrogen and oxygen atoms in total. The third kappa shape index (κ3) is 5.08. The van der Waals surface area contributed by atoms with Crippen LogP contribution in [0.15, 0.2) is 35.7 Å². The molecule has 0 aliphatic carbocycles. The summed E-state index contributed by atoms with van der Waals surface area (Å²) in [6.45, 7) is 7.55. The molecule has 0 radical (unpaired) electrons. The molecule has 1 unspecified atom stereocenters. The number of rotatable bonds is 8. The molecule has 1 heterocycles. The van der Waals surface area contributed by atoms with Crippen molar-refractivity contribution < 1.29 is 14.7 Å². The molecule has 1 atom stereocenters. The number of carbonyl (C=O) groups is 2. The molecule has 26 heavy (non-hydrogen) atoms. The predicted octanol–water partition coefficient (Wildman–Crippen LogP) is 2.67. The van der Waals surface area contributed by atoms with Crippen LogP contribution in [0.4, 0.5) is 0 Å². The van der Waals surface area contributed by atoms with Crippen LogP contribution in [-0.2, 0) is 9.59 Å². The van der Waals surface area contributed by atoms with Gasteiger partial charge in [0.15, 0.2) is 5.16 Å². The smallest absolute Gasteiger partial charge is 0.305 e. The molecule has 1 aromatic carbocycles. The van der Waals surface area contributed by atoms with Crippen molar-refractivity contribution >= 4 is 23.6 Å². The first kappa shape index (κ1) is 20.0. The number of amides is 1. The third-order valence-electron chi connectivity index (χ3n) is 4.38. The fourth-order valence-electron chi connectivity index (χ4n) is 2.40. The van der Waals surface area contributed by atoms with E-state index >= 15 is 0 Å². The van der Waals surface area contributed by atoms with Crippen LogP contribution in [0, 0.1) is 12.8 Å². The van der Waals surface area contributed by atoms with Gasteiger partial charge >= 0.3 is 5.97 Å². The zero-order valence-electron chi connectivity index (χ0n) is 15.4. The van der Waals surface area contributed by atoms with Gasteiger partial charge in [-0.1, -0.05) is 43.3 Å². The molecule has 8 heteroatoms. The van der Waals surface area contributed by atoms with Gasteiger partial charge in [-0.3, -0.25) is 14.2 Å². The maximum atomic E-state index is 12.3. The van der Waals surface area contributed by atoms with Gasteiger partial charge in [0.2, 0.25) is 5.91 Å². The Balaban J connectivity index is 2.03. The van der Waals surface area contributed by atoms with Crippen LogP contribution >= 0.6 is 11.8 Å². The summed E-state index contributed by atoms with van der Waals surface area (Å²) < 4.78 is 1.82. The van der Waals surface area contributed by atoms with Crippen molar-refractivity contribution in [2.75, 3.05) is 5.75 Å². The molecule has 1 aromatic heterocycles. The summed E-state index contributed by atoms with van der Waals surface area (Å²) in [5.74, 6) is -1.05. The minimum absolute atomic E-state index is 0.0104. The average Bonchev–Trinajstić information content (AvgIpc) is 3.01. The average molecular weight is 376 g/mol. The summed E-state index contributed by atoms with van der Waals surface area (Å²) in [5, 5.41) is 20.5. The van der Waals surface area contributed by atoms with Gasteiger partial charge in [-0.05, 0) is 31.9 Å². The highest BCUT2D eigenvalue weighted by atomic mass is 32.2. The molecular weight excluding hydrogens is 352 g/mol.